The van der Waals surface area contributed by atoms with Gasteiger partial charge in [0.15, 0.2) is 0 Å². The standard InChI is InChI=1S/C14H11Br2NO5/c15-9-10(16)12-8(14(20)21)7(11(9)22-12)13(19)17-5-3-1-2-4-6(5)18/h1-4,7-8,11-12,18H,(H,17,19)(H,20,21)/t7-,8+,11-,12-/m1/s1. The minimum Gasteiger partial charge on any atom is -0.506 e. The number of phenolic OH excluding ortho intramolecular Hbond substituents is 1. The van der Waals surface area contributed by atoms with Crippen molar-refractivity contribution in [3.63, 3.8) is 0 Å². The number of carboxylic acids is 1. The third kappa shape index (κ3) is 2.35. The van der Waals surface area contributed by atoms with E-state index in [4.69, 9.17) is 4.74 Å². The molecule has 1 fully saturated rings. The van der Waals surface area contributed by atoms with Gasteiger partial charge in [-0.1, -0.05) is 44.0 Å². The molecule has 2 heterocycles. The molecule has 2 aliphatic rings. The molecule has 0 saturated carbocycles. The first-order valence-corrected chi connectivity index (χ1v) is 8.02. The molecule has 0 spiro atoms. The molecule has 22 heavy (non-hydrogen) atoms. The van der Waals surface area contributed by atoms with E-state index in [1.165, 1.54) is 12.1 Å². The van der Waals surface area contributed by atoms with Gasteiger partial charge in [0.2, 0.25) is 5.91 Å². The van der Waals surface area contributed by atoms with Gasteiger partial charge in [-0.25, -0.2) is 0 Å². The number of aliphatic carboxylic acids is 1. The lowest BCUT2D eigenvalue weighted by Crippen LogP contribution is -2.40. The molecule has 6 nitrogen and oxygen atoms in total. The van der Waals surface area contributed by atoms with E-state index in [0.717, 1.165) is 0 Å². The second-order valence-corrected chi connectivity index (χ2v) is 6.78. The first kappa shape index (κ1) is 15.5. The molecule has 1 aromatic carbocycles. The summed E-state index contributed by atoms with van der Waals surface area (Å²) >= 11 is 6.63. The van der Waals surface area contributed by atoms with Crippen molar-refractivity contribution in [2.24, 2.45) is 11.8 Å². The Morgan fingerprint density at radius 1 is 1.09 bits per heavy atom. The quantitative estimate of drug-likeness (QED) is 0.637. The Hall–Kier alpha value is -1.38. The van der Waals surface area contributed by atoms with Gasteiger partial charge in [-0.2, -0.15) is 0 Å². The molecule has 0 aliphatic carbocycles. The highest BCUT2D eigenvalue weighted by Crippen LogP contribution is 2.51. The summed E-state index contributed by atoms with van der Waals surface area (Å²) in [6.45, 7) is 0. The van der Waals surface area contributed by atoms with Crippen molar-refractivity contribution in [3.8, 4) is 5.75 Å². The Morgan fingerprint density at radius 2 is 1.68 bits per heavy atom. The average Bonchev–Trinajstić information content (AvgIpc) is 2.99. The smallest absolute Gasteiger partial charge is 0.310 e. The number of anilines is 1. The predicted octanol–water partition coefficient (Wildman–Crippen LogP) is 2.43. The van der Waals surface area contributed by atoms with E-state index >= 15 is 0 Å². The molecule has 2 aliphatic heterocycles. The number of nitrogens with one attached hydrogen (secondary N) is 1. The lowest BCUT2D eigenvalue weighted by atomic mass is 9.82. The van der Waals surface area contributed by atoms with E-state index in [9.17, 15) is 19.8 Å². The van der Waals surface area contributed by atoms with Crippen molar-refractivity contribution in [1.82, 2.24) is 0 Å². The molecule has 3 rings (SSSR count). The van der Waals surface area contributed by atoms with Crippen LogP contribution in [-0.4, -0.2) is 34.3 Å². The van der Waals surface area contributed by atoms with Crippen LogP contribution in [0.2, 0.25) is 0 Å². The highest BCUT2D eigenvalue weighted by atomic mass is 79.9. The molecular formula is C14H11Br2NO5. The molecule has 1 aromatic rings. The van der Waals surface area contributed by atoms with Crippen LogP contribution in [0.1, 0.15) is 0 Å². The number of ether oxygens (including phenoxy) is 1. The summed E-state index contributed by atoms with van der Waals surface area (Å²) in [7, 11) is 0. The normalized spacial score (nSPS) is 29.7. The van der Waals surface area contributed by atoms with Gasteiger partial charge in [-0.15, -0.1) is 0 Å². The van der Waals surface area contributed by atoms with E-state index in [2.05, 4.69) is 37.2 Å². The number of halogens is 2. The highest BCUT2D eigenvalue weighted by molar-refractivity contribution is 9.14. The summed E-state index contributed by atoms with van der Waals surface area (Å²) in [4.78, 5) is 24.0. The zero-order valence-electron chi connectivity index (χ0n) is 11.0. The summed E-state index contributed by atoms with van der Waals surface area (Å²) in [5, 5.41) is 21.7. The monoisotopic (exact) mass is 431 g/mol. The number of phenols is 1. The van der Waals surface area contributed by atoms with Crippen LogP contribution in [0.5, 0.6) is 5.75 Å². The number of hydrogen-bond acceptors (Lipinski definition) is 4. The van der Waals surface area contributed by atoms with Gasteiger partial charge in [0.25, 0.3) is 0 Å². The van der Waals surface area contributed by atoms with Crippen molar-refractivity contribution >= 4 is 49.4 Å². The number of fused-ring (bicyclic) bond motifs is 2. The molecule has 116 valence electrons. The molecule has 3 N–H and O–H groups in total. The summed E-state index contributed by atoms with van der Waals surface area (Å²) in [6, 6.07) is 6.27. The first-order chi connectivity index (χ1) is 10.4. The topological polar surface area (TPSA) is 95.9 Å². The summed E-state index contributed by atoms with van der Waals surface area (Å²) in [6.07, 6.45) is -1.33. The zero-order valence-corrected chi connectivity index (χ0v) is 14.2. The molecule has 0 unspecified atom stereocenters. The number of para-hydroxylation sites is 2. The molecule has 4 atom stereocenters. The fraction of sp³-hybridized carbons (Fsp3) is 0.286. The number of hydrogen-bond donors (Lipinski definition) is 3. The van der Waals surface area contributed by atoms with Crippen LogP contribution in [0, 0.1) is 11.8 Å². The van der Waals surface area contributed by atoms with Gasteiger partial charge in [-0.3, -0.25) is 9.59 Å². The van der Waals surface area contributed by atoms with Crippen molar-refractivity contribution < 1.29 is 24.5 Å². The predicted molar refractivity (Wildman–Crippen MR) is 84.9 cm³/mol. The van der Waals surface area contributed by atoms with Crippen LogP contribution in [0.3, 0.4) is 0 Å². The Bertz CT molecular complexity index is 690. The molecule has 2 bridgehead atoms. The number of carbonyl (C=O) groups is 2. The Balaban J connectivity index is 1.89. The summed E-state index contributed by atoms with van der Waals surface area (Å²) in [5.41, 5.74) is 0.235. The van der Waals surface area contributed by atoms with E-state index < -0.39 is 35.9 Å². The maximum atomic E-state index is 12.5. The van der Waals surface area contributed by atoms with Crippen LogP contribution in [0.4, 0.5) is 5.69 Å². The zero-order chi connectivity index (χ0) is 16.0. The molecule has 8 heteroatoms. The van der Waals surface area contributed by atoms with Crippen molar-refractivity contribution in [2.45, 2.75) is 12.2 Å². The fourth-order valence-corrected chi connectivity index (χ4v) is 4.03. The molecule has 1 amide bonds. The van der Waals surface area contributed by atoms with Crippen LogP contribution in [0.25, 0.3) is 0 Å². The molecule has 0 aromatic heterocycles. The third-order valence-corrected chi connectivity index (χ3v) is 6.10. The second kappa shape index (κ2) is 5.68. The van der Waals surface area contributed by atoms with Crippen molar-refractivity contribution in [3.05, 3.63) is 33.2 Å². The summed E-state index contributed by atoms with van der Waals surface area (Å²) in [5.74, 6) is -3.54. The second-order valence-electron chi connectivity index (χ2n) is 5.07. The molecular weight excluding hydrogens is 422 g/mol. The maximum Gasteiger partial charge on any atom is 0.310 e. The number of benzene rings is 1. The van der Waals surface area contributed by atoms with Gasteiger partial charge >= 0.3 is 5.97 Å². The fourth-order valence-electron chi connectivity index (χ4n) is 2.79. The minimum absolute atomic E-state index is 0.0809. The van der Waals surface area contributed by atoms with Gasteiger partial charge in [-0.05, 0) is 12.1 Å². The van der Waals surface area contributed by atoms with Gasteiger partial charge in [0.05, 0.1) is 11.6 Å². The van der Waals surface area contributed by atoms with Crippen LogP contribution >= 0.6 is 31.9 Å². The number of carbonyl (C=O) groups excluding carboxylic acids is 1. The SMILES string of the molecule is O=C(Nc1ccccc1O)[C@@H]1[C@H](C(=O)O)[C@H]2O[C@H]1C(Br)=C2Br. The Kier molecular flexibility index (Phi) is 4.00. The van der Waals surface area contributed by atoms with Crippen molar-refractivity contribution in [1.29, 1.82) is 0 Å². The minimum atomic E-state index is -1.10. The van der Waals surface area contributed by atoms with E-state index in [1.54, 1.807) is 12.1 Å². The van der Waals surface area contributed by atoms with Crippen LogP contribution < -0.4 is 5.32 Å². The van der Waals surface area contributed by atoms with E-state index in [1.807, 2.05) is 0 Å². The first-order valence-electron chi connectivity index (χ1n) is 6.44. The van der Waals surface area contributed by atoms with Crippen molar-refractivity contribution in [2.75, 3.05) is 5.32 Å². The summed E-state index contributed by atoms with van der Waals surface area (Å²) < 4.78 is 6.87. The average molecular weight is 433 g/mol. The van der Waals surface area contributed by atoms with E-state index in [-0.39, 0.29) is 11.4 Å². The third-order valence-electron chi connectivity index (χ3n) is 3.81. The van der Waals surface area contributed by atoms with Gasteiger partial charge in [0.1, 0.15) is 23.9 Å². The Morgan fingerprint density at radius 3 is 2.27 bits per heavy atom. The number of amides is 1. The van der Waals surface area contributed by atoms with Gasteiger partial charge in [0, 0.05) is 8.96 Å². The largest absolute Gasteiger partial charge is 0.506 e. The Labute approximate surface area is 142 Å². The van der Waals surface area contributed by atoms with Gasteiger partial charge < -0.3 is 20.3 Å². The lowest BCUT2D eigenvalue weighted by Gasteiger charge is -2.24. The molecule has 0 radical (unpaired) electrons. The lowest BCUT2D eigenvalue weighted by molar-refractivity contribution is -0.146. The van der Waals surface area contributed by atoms with E-state index in [0.29, 0.717) is 8.96 Å². The van der Waals surface area contributed by atoms with Crippen LogP contribution in [-0.2, 0) is 14.3 Å². The highest BCUT2D eigenvalue weighted by Gasteiger charge is 2.58. The number of carboxylic acid groups (broad SMARTS) is 1. The maximum absolute atomic E-state index is 12.5. The van der Waals surface area contributed by atoms with Crippen LogP contribution in [0.15, 0.2) is 33.2 Å². The number of aromatic hydroxyl groups is 1. The number of rotatable bonds is 3. The molecule has 1 saturated heterocycles.